The summed E-state index contributed by atoms with van der Waals surface area (Å²) in [6.45, 7) is 5.46. The maximum Gasteiger partial charge on any atom is 0.328 e. The molecule has 0 fully saturated rings. The van der Waals surface area contributed by atoms with Gasteiger partial charge in [0.15, 0.2) is 11.4 Å². The van der Waals surface area contributed by atoms with E-state index in [1.165, 1.54) is 30.5 Å². The third-order valence-electron chi connectivity index (χ3n) is 5.98. The molecule has 8 heteroatoms. The highest BCUT2D eigenvalue weighted by atomic mass is 16.6. The van der Waals surface area contributed by atoms with E-state index >= 15 is 0 Å². The van der Waals surface area contributed by atoms with E-state index in [9.17, 15) is 14.4 Å². The van der Waals surface area contributed by atoms with Gasteiger partial charge in [0.1, 0.15) is 12.1 Å². The summed E-state index contributed by atoms with van der Waals surface area (Å²) >= 11 is 0. The molecule has 0 bridgehead atoms. The third kappa shape index (κ3) is 5.92. The van der Waals surface area contributed by atoms with Crippen molar-refractivity contribution in [2.24, 2.45) is 0 Å². The van der Waals surface area contributed by atoms with Crippen LogP contribution in [0.1, 0.15) is 74.0 Å². The van der Waals surface area contributed by atoms with Crippen molar-refractivity contribution in [2.45, 2.75) is 70.9 Å². The highest BCUT2D eigenvalue weighted by Crippen LogP contribution is 2.33. The number of hydrogen-bond donors (Lipinski definition) is 1. The van der Waals surface area contributed by atoms with Crippen LogP contribution in [-0.2, 0) is 20.7 Å². The first-order valence-electron chi connectivity index (χ1n) is 11.7. The topological polar surface area (TPSA) is 104 Å². The van der Waals surface area contributed by atoms with Gasteiger partial charge in [-0.25, -0.2) is 9.78 Å². The molecule has 0 saturated carbocycles. The van der Waals surface area contributed by atoms with Gasteiger partial charge in [0.25, 0.3) is 5.91 Å². The Morgan fingerprint density at radius 2 is 1.97 bits per heavy atom. The van der Waals surface area contributed by atoms with Gasteiger partial charge in [-0.05, 0) is 43.7 Å². The first kappa shape index (κ1) is 25.2. The van der Waals surface area contributed by atoms with Gasteiger partial charge in [0, 0.05) is 24.6 Å². The van der Waals surface area contributed by atoms with Crippen LogP contribution >= 0.6 is 0 Å². The molecular weight excluding hydrogens is 436 g/mol. The number of aryl methyl sites for hydroxylation is 1. The van der Waals surface area contributed by atoms with Crippen molar-refractivity contribution in [2.75, 3.05) is 7.11 Å². The van der Waals surface area contributed by atoms with Crippen LogP contribution in [0.25, 0.3) is 0 Å². The molecule has 1 N–H and O–H groups in total. The zero-order chi connectivity index (χ0) is 24.7. The van der Waals surface area contributed by atoms with Gasteiger partial charge in [-0.15, -0.1) is 0 Å². The number of rotatable bonds is 8. The second-order valence-electron chi connectivity index (χ2n) is 8.47. The van der Waals surface area contributed by atoms with E-state index in [-0.39, 0.29) is 35.6 Å². The number of carbonyl (C=O) groups is 3. The van der Waals surface area contributed by atoms with Crippen molar-refractivity contribution < 1.29 is 28.6 Å². The molecule has 34 heavy (non-hydrogen) atoms. The molecule has 1 aromatic heterocycles. The normalized spacial score (nSPS) is 18.1. The fourth-order valence-electron chi connectivity index (χ4n) is 4.11. The first-order chi connectivity index (χ1) is 16.3. The predicted molar refractivity (Wildman–Crippen MR) is 126 cm³/mol. The lowest BCUT2D eigenvalue weighted by Gasteiger charge is -2.25. The summed E-state index contributed by atoms with van der Waals surface area (Å²) in [5, 5.41) is 2.61. The second-order valence-corrected chi connectivity index (χ2v) is 8.47. The zero-order valence-corrected chi connectivity index (χ0v) is 20.1. The molecule has 1 aliphatic rings. The monoisotopic (exact) mass is 468 g/mol. The van der Waals surface area contributed by atoms with Crippen LogP contribution in [0.3, 0.4) is 0 Å². The number of methoxy groups -OCH3 is 1. The van der Waals surface area contributed by atoms with Crippen molar-refractivity contribution in [1.82, 2.24) is 10.3 Å². The van der Waals surface area contributed by atoms with Gasteiger partial charge in [-0.1, -0.05) is 38.1 Å². The standard InChI is InChI=1S/C26H32N2O6/c1-5-9-22(29)34-24-21(32-4)14-15-27-23(24)25(30)28-17(3)26(31)33-20-13-8-11-18-10-6-7-12-19(18)16(20)2/h6-7,10,12,14-17,20H,5,8-9,11,13H2,1-4H3,(H,28,30)/t16?,17-,20?/m0/s1. The van der Waals surface area contributed by atoms with E-state index in [0.29, 0.717) is 6.42 Å². The van der Waals surface area contributed by atoms with Crippen molar-refractivity contribution in [3.63, 3.8) is 0 Å². The smallest absolute Gasteiger partial charge is 0.328 e. The Kier molecular flexibility index (Phi) is 8.62. The largest absolute Gasteiger partial charge is 0.493 e. The van der Waals surface area contributed by atoms with Crippen LogP contribution in [0.15, 0.2) is 36.5 Å². The molecule has 1 heterocycles. The van der Waals surface area contributed by atoms with Crippen LogP contribution in [0.2, 0.25) is 0 Å². The highest BCUT2D eigenvalue weighted by Gasteiger charge is 2.30. The molecular formula is C26H32N2O6. The number of nitrogens with zero attached hydrogens (tertiary/aromatic N) is 1. The third-order valence-corrected chi connectivity index (χ3v) is 5.98. The maximum atomic E-state index is 12.9. The Bertz CT molecular complexity index is 1040. The number of amides is 1. The molecule has 3 atom stereocenters. The molecule has 1 aliphatic carbocycles. The summed E-state index contributed by atoms with van der Waals surface area (Å²) in [5.41, 5.74) is 2.33. The quantitative estimate of drug-likeness (QED) is 0.462. The number of hydrogen-bond acceptors (Lipinski definition) is 7. The van der Waals surface area contributed by atoms with Crippen LogP contribution in [0.4, 0.5) is 0 Å². The Hall–Kier alpha value is -3.42. The molecule has 0 saturated heterocycles. The van der Waals surface area contributed by atoms with E-state index < -0.39 is 23.9 Å². The minimum Gasteiger partial charge on any atom is -0.493 e. The van der Waals surface area contributed by atoms with Crippen LogP contribution < -0.4 is 14.8 Å². The van der Waals surface area contributed by atoms with Gasteiger partial charge in [-0.2, -0.15) is 0 Å². The van der Waals surface area contributed by atoms with Crippen molar-refractivity contribution in [3.8, 4) is 11.5 Å². The van der Waals surface area contributed by atoms with E-state index in [1.807, 2.05) is 19.1 Å². The van der Waals surface area contributed by atoms with Gasteiger partial charge in [0.2, 0.25) is 5.75 Å². The number of benzene rings is 1. The molecule has 0 spiro atoms. The van der Waals surface area contributed by atoms with Gasteiger partial charge < -0.3 is 19.5 Å². The maximum absolute atomic E-state index is 12.9. The molecule has 2 unspecified atom stereocenters. The van der Waals surface area contributed by atoms with E-state index in [1.54, 1.807) is 6.92 Å². The summed E-state index contributed by atoms with van der Waals surface area (Å²) in [6, 6.07) is 8.78. The zero-order valence-electron chi connectivity index (χ0n) is 20.1. The average Bonchev–Trinajstić information content (AvgIpc) is 2.98. The van der Waals surface area contributed by atoms with Crippen LogP contribution in [0, 0.1) is 0 Å². The van der Waals surface area contributed by atoms with Crippen molar-refractivity contribution >= 4 is 17.8 Å². The van der Waals surface area contributed by atoms with E-state index in [0.717, 1.165) is 19.3 Å². The molecule has 8 nitrogen and oxygen atoms in total. The number of carbonyl (C=O) groups excluding carboxylic acids is 3. The second kappa shape index (κ2) is 11.6. The molecule has 0 radical (unpaired) electrons. The van der Waals surface area contributed by atoms with Gasteiger partial charge in [-0.3, -0.25) is 9.59 Å². The molecule has 0 aliphatic heterocycles. The predicted octanol–water partition coefficient (Wildman–Crippen LogP) is 3.97. The lowest BCUT2D eigenvalue weighted by molar-refractivity contribution is -0.152. The van der Waals surface area contributed by atoms with Crippen LogP contribution in [-0.4, -0.2) is 42.1 Å². The molecule has 3 rings (SSSR count). The minimum absolute atomic E-state index is 0.0511. The summed E-state index contributed by atoms with van der Waals surface area (Å²) < 4.78 is 16.4. The summed E-state index contributed by atoms with van der Waals surface area (Å²) in [7, 11) is 1.40. The number of pyridine rings is 1. The van der Waals surface area contributed by atoms with Crippen molar-refractivity contribution in [3.05, 3.63) is 53.3 Å². The summed E-state index contributed by atoms with van der Waals surface area (Å²) in [4.78, 5) is 41.9. The SMILES string of the molecule is CCCC(=O)Oc1c(OC)ccnc1C(=O)N[C@@H](C)C(=O)OC1CCCc2ccccc2C1C. The molecule has 1 amide bonds. The fraction of sp³-hybridized carbons (Fsp3) is 0.462. The number of esters is 2. The van der Waals surface area contributed by atoms with E-state index in [4.69, 9.17) is 14.2 Å². The lowest BCUT2D eigenvalue weighted by Crippen LogP contribution is -2.42. The van der Waals surface area contributed by atoms with E-state index in [2.05, 4.69) is 29.4 Å². The lowest BCUT2D eigenvalue weighted by atomic mass is 9.92. The average molecular weight is 469 g/mol. The van der Waals surface area contributed by atoms with Crippen LogP contribution in [0.5, 0.6) is 11.5 Å². The Balaban J connectivity index is 1.70. The van der Waals surface area contributed by atoms with Gasteiger partial charge >= 0.3 is 11.9 Å². The summed E-state index contributed by atoms with van der Waals surface area (Å²) in [6.07, 6.45) is 4.48. The van der Waals surface area contributed by atoms with Crippen molar-refractivity contribution in [1.29, 1.82) is 0 Å². The highest BCUT2D eigenvalue weighted by molar-refractivity contribution is 5.98. The van der Waals surface area contributed by atoms with Gasteiger partial charge in [0.05, 0.1) is 7.11 Å². The Morgan fingerprint density at radius 3 is 2.71 bits per heavy atom. The number of aromatic nitrogens is 1. The summed E-state index contributed by atoms with van der Waals surface area (Å²) in [5.74, 6) is -1.52. The number of ether oxygens (including phenoxy) is 3. The molecule has 1 aromatic carbocycles. The Labute approximate surface area is 200 Å². The first-order valence-corrected chi connectivity index (χ1v) is 11.7. The number of fused-ring (bicyclic) bond motifs is 1. The number of nitrogens with one attached hydrogen (secondary N) is 1. The minimum atomic E-state index is -0.926. The fourth-order valence-corrected chi connectivity index (χ4v) is 4.11. The Morgan fingerprint density at radius 1 is 1.21 bits per heavy atom. The molecule has 2 aromatic rings. The molecule has 182 valence electrons.